The van der Waals surface area contributed by atoms with E-state index in [1.165, 1.54) is 0 Å². The van der Waals surface area contributed by atoms with E-state index in [4.69, 9.17) is 16.3 Å². The molecule has 0 aliphatic carbocycles. The van der Waals surface area contributed by atoms with Crippen molar-refractivity contribution >= 4 is 23.5 Å². The Balaban J connectivity index is 1.68. The highest BCUT2D eigenvalue weighted by Crippen LogP contribution is 2.30. The Morgan fingerprint density at radius 1 is 1.14 bits per heavy atom. The molecule has 0 radical (unpaired) electrons. The molecule has 2 aromatic carbocycles. The van der Waals surface area contributed by atoms with Gasteiger partial charge in [-0.15, -0.1) is 0 Å². The van der Waals surface area contributed by atoms with Gasteiger partial charge in [0.2, 0.25) is 0 Å². The van der Waals surface area contributed by atoms with Crippen molar-refractivity contribution in [3.63, 3.8) is 0 Å². The molecule has 1 saturated heterocycles. The highest BCUT2D eigenvalue weighted by atomic mass is 35.5. The van der Waals surface area contributed by atoms with Gasteiger partial charge in [0.25, 0.3) is 5.91 Å². The Bertz CT molecular complexity index is 880. The van der Waals surface area contributed by atoms with Crippen LogP contribution in [0.2, 0.25) is 5.02 Å². The first-order valence-electron chi connectivity index (χ1n) is 8.99. The van der Waals surface area contributed by atoms with Gasteiger partial charge in [-0.3, -0.25) is 9.69 Å². The predicted molar refractivity (Wildman–Crippen MR) is 106 cm³/mol. The van der Waals surface area contributed by atoms with Crippen LogP contribution in [0, 0.1) is 13.8 Å². The third kappa shape index (κ3) is 3.84. The van der Waals surface area contributed by atoms with Gasteiger partial charge >= 0.3 is 6.03 Å². The summed E-state index contributed by atoms with van der Waals surface area (Å²) in [5, 5.41) is 13.6. The number of aliphatic hydroxyl groups excluding tert-OH is 1. The first-order valence-corrected chi connectivity index (χ1v) is 9.37. The van der Waals surface area contributed by atoms with Crippen LogP contribution in [0.3, 0.4) is 0 Å². The number of imide groups is 1. The number of benzene rings is 2. The fourth-order valence-electron chi connectivity index (χ4n) is 3.31. The van der Waals surface area contributed by atoms with Crippen molar-refractivity contribution in [1.82, 2.24) is 10.2 Å². The molecule has 0 aromatic heterocycles. The molecule has 0 spiro atoms. The maximum atomic E-state index is 12.9. The average molecular weight is 403 g/mol. The lowest BCUT2D eigenvalue weighted by Crippen LogP contribution is -2.42. The number of halogens is 1. The number of carbonyl (C=O) groups excluding carboxylic acids is 2. The van der Waals surface area contributed by atoms with E-state index in [0.717, 1.165) is 16.0 Å². The van der Waals surface area contributed by atoms with E-state index in [0.29, 0.717) is 16.3 Å². The zero-order valence-electron chi connectivity index (χ0n) is 16.0. The van der Waals surface area contributed by atoms with Crippen LogP contribution in [0.5, 0.6) is 5.75 Å². The number of rotatable bonds is 6. The van der Waals surface area contributed by atoms with Gasteiger partial charge in [-0.25, -0.2) is 4.79 Å². The van der Waals surface area contributed by atoms with Crippen molar-refractivity contribution in [3.05, 3.63) is 64.2 Å². The summed E-state index contributed by atoms with van der Waals surface area (Å²) in [7, 11) is 0. The number of aliphatic hydroxyl groups is 1. The Morgan fingerprint density at radius 2 is 1.75 bits per heavy atom. The van der Waals surface area contributed by atoms with Gasteiger partial charge in [0, 0.05) is 5.02 Å². The lowest BCUT2D eigenvalue weighted by atomic mass is 9.92. The molecular weight excluding hydrogens is 380 g/mol. The molecule has 2 atom stereocenters. The fourth-order valence-corrected chi connectivity index (χ4v) is 3.44. The highest BCUT2D eigenvalue weighted by molar-refractivity contribution is 6.30. The summed E-state index contributed by atoms with van der Waals surface area (Å²) in [6.07, 6.45) is -1.01. The molecule has 1 aliphatic heterocycles. The van der Waals surface area contributed by atoms with E-state index in [-0.39, 0.29) is 13.2 Å². The summed E-state index contributed by atoms with van der Waals surface area (Å²) in [5.74, 6) is 0.274. The van der Waals surface area contributed by atoms with Gasteiger partial charge in [-0.2, -0.15) is 0 Å². The first kappa shape index (κ1) is 20.2. The predicted octanol–water partition coefficient (Wildman–Crippen LogP) is 3.16. The first-order chi connectivity index (χ1) is 13.2. The number of carbonyl (C=O) groups is 2. The Hall–Kier alpha value is -2.57. The van der Waals surface area contributed by atoms with Crippen LogP contribution in [-0.2, 0) is 10.3 Å². The second-order valence-corrected chi connectivity index (χ2v) is 7.60. The number of para-hydroxylation sites is 1. The molecule has 1 heterocycles. The zero-order valence-corrected chi connectivity index (χ0v) is 16.8. The molecule has 0 unspecified atom stereocenters. The molecule has 2 aromatic rings. The number of hydrogen-bond acceptors (Lipinski definition) is 4. The SMILES string of the molecule is Cc1cccc(C)c1OC[C@@H](O)CN1C(=O)N[C@@](C)(c2ccc(Cl)cc2)C1=O. The van der Waals surface area contributed by atoms with Crippen molar-refractivity contribution in [2.24, 2.45) is 0 Å². The number of ether oxygens (including phenoxy) is 1. The zero-order chi connectivity index (χ0) is 20.5. The molecular formula is C21H23ClN2O4. The summed E-state index contributed by atoms with van der Waals surface area (Å²) in [6.45, 7) is 5.29. The minimum absolute atomic E-state index is 0.0274. The second kappa shape index (κ2) is 7.81. The maximum Gasteiger partial charge on any atom is 0.325 e. The summed E-state index contributed by atoms with van der Waals surface area (Å²) < 4.78 is 5.73. The van der Waals surface area contributed by atoms with Gasteiger partial charge in [0.05, 0.1) is 6.54 Å². The molecule has 2 N–H and O–H groups in total. The van der Waals surface area contributed by atoms with Gasteiger partial charge < -0.3 is 15.2 Å². The molecule has 7 heteroatoms. The monoisotopic (exact) mass is 402 g/mol. The summed E-state index contributed by atoms with van der Waals surface area (Å²) in [4.78, 5) is 26.3. The number of urea groups is 1. The van der Waals surface area contributed by atoms with Crippen LogP contribution in [-0.4, -0.2) is 41.2 Å². The van der Waals surface area contributed by atoms with Gasteiger partial charge in [0.15, 0.2) is 0 Å². The van der Waals surface area contributed by atoms with Crippen molar-refractivity contribution < 1.29 is 19.4 Å². The molecule has 1 aliphatic rings. The van der Waals surface area contributed by atoms with Crippen LogP contribution in [0.1, 0.15) is 23.6 Å². The third-order valence-corrected chi connectivity index (χ3v) is 5.17. The largest absolute Gasteiger partial charge is 0.490 e. The minimum atomic E-state index is -1.20. The fraction of sp³-hybridized carbons (Fsp3) is 0.333. The number of β-amino-alcohol motifs (C(OH)–C–C–N with tert-alkyl or cyclic N) is 1. The van der Waals surface area contributed by atoms with E-state index in [2.05, 4.69) is 5.32 Å². The average Bonchev–Trinajstić information content (AvgIpc) is 2.86. The smallest absolute Gasteiger partial charge is 0.325 e. The van der Waals surface area contributed by atoms with Crippen LogP contribution in [0.15, 0.2) is 42.5 Å². The van der Waals surface area contributed by atoms with Crippen LogP contribution in [0.25, 0.3) is 0 Å². The topological polar surface area (TPSA) is 78.9 Å². The molecule has 0 saturated carbocycles. The molecule has 148 valence electrons. The molecule has 1 fully saturated rings. The van der Waals surface area contributed by atoms with E-state index in [9.17, 15) is 14.7 Å². The van der Waals surface area contributed by atoms with Crippen molar-refractivity contribution in [2.75, 3.05) is 13.2 Å². The Kier molecular flexibility index (Phi) is 5.63. The molecule has 28 heavy (non-hydrogen) atoms. The van der Waals surface area contributed by atoms with Gasteiger partial charge in [0.1, 0.15) is 24.0 Å². The Morgan fingerprint density at radius 3 is 2.36 bits per heavy atom. The summed E-state index contributed by atoms with van der Waals surface area (Å²) in [6, 6.07) is 11.9. The van der Waals surface area contributed by atoms with E-state index in [1.807, 2.05) is 32.0 Å². The number of nitrogens with one attached hydrogen (secondary N) is 1. The van der Waals surface area contributed by atoms with E-state index >= 15 is 0 Å². The Labute approximate surface area is 169 Å². The number of nitrogens with zero attached hydrogens (tertiary/aromatic N) is 1. The standard InChI is InChI=1S/C21H23ClN2O4/c1-13-5-4-6-14(2)18(13)28-12-17(25)11-24-19(26)21(3,23-20(24)27)15-7-9-16(22)10-8-15/h4-10,17,25H,11-12H2,1-3H3,(H,23,27)/t17-,21-/m0/s1. The quantitative estimate of drug-likeness (QED) is 0.727. The molecule has 6 nitrogen and oxygen atoms in total. The molecule has 3 amide bonds. The second-order valence-electron chi connectivity index (χ2n) is 7.16. The van der Waals surface area contributed by atoms with Crippen LogP contribution >= 0.6 is 11.6 Å². The van der Waals surface area contributed by atoms with Crippen molar-refractivity contribution in [1.29, 1.82) is 0 Å². The van der Waals surface area contributed by atoms with Crippen molar-refractivity contribution in [3.8, 4) is 5.75 Å². The maximum absolute atomic E-state index is 12.9. The van der Waals surface area contributed by atoms with E-state index in [1.54, 1.807) is 31.2 Å². The minimum Gasteiger partial charge on any atom is -0.490 e. The van der Waals surface area contributed by atoms with Gasteiger partial charge in [-0.1, -0.05) is 41.9 Å². The normalized spacial score (nSPS) is 20.2. The number of amides is 3. The van der Waals surface area contributed by atoms with Gasteiger partial charge in [-0.05, 0) is 49.6 Å². The molecule has 3 rings (SSSR count). The molecule has 0 bridgehead atoms. The van der Waals surface area contributed by atoms with Crippen molar-refractivity contribution in [2.45, 2.75) is 32.4 Å². The number of aryl methyl sites for hydroxylation is 2. The lowest BCUT2D eigenvalue weighted by Gasteiger charge is -2.23. The van der Waals surface area contributed by atoms with E-state index < -0.39 is 23.6 Å². The van der Waals surface area contributed by atoms with Crippen LogP contribution in [0.4, 0.5) is 4.79 Å². The summed E-state index contributed by atoms with van der Waals surface area (Å²) >= 11 is 5.90. The third-order valence-electron chi connectivity index (χ3n) is 4.92. The number of hydrogen-bond donors (Lipinski definition) is 2. The lowest BCUT2D eigenvalue weighted by molar-refractivity contribution is -0.132. The summed E-state index contributed by atoms with van der Waals surface area (Å²) in [5.41, 5.74) is 1.34. The highest BCUT2D eigenvalue weighted by Gasteiger charge is 2.49. The van der Waals surface area contributed by atoms with Crippen LogP contribution < -0.4 is 10.1 Å².